The summed E-state index contributed by atoms with van der Waals surface area (Å²) in [6, 6.07) is 15.4. The third-order valence-electron chi connectivity index (χ3n) is 4.56. The molecule has 4 rings (SSSR count). The van der Waals surface area contributed by atoms with Gasteiger partial charge < -0.3 is 20.1 Å². The lowest BCUT2D eigenvalue weighted by Crippen LogP contribution is -2.14. The molecule has 1 aromatic heterocycles. The summed E-state index contributed by atoms with van der Waals surface area (Å²) < 4.78 is 12.3. The van der Waals surface area contributed by atoms with Gasteiger partial charge in [-0.25, -0.2) is 4.68 Å². The Kier molecular flexibility index (Phi) is 4.42. The second-order valence-electron chi connectivity index (χ2n) is 6.25. The van der Waals surface area contributed by atoms with Crippen molar-refractivity contribution in [1.82, 2.24) is 9.78 Å². The van der Waals surface area contributed by atoms with Gasteiger partial charge in [0, 0.05) is 23.9 Å². The number of ether oxygens (including phenoxy) is 2. The van der Waals surface area contributed by atoms with Crippen molar-refractivity contribution in [3.8, 4) is 11.5 Å². The van der Waals surface area contributed by atoms with Crippen molar-refractivity contribution in [3.63, 3.8) is 0 Å². The number of nitrogens with one attached hydrogen (secondary N) is 2. The zero-order chi connectivity index (χ0) is 18.8. The van der Waals surface area contributed by atoms with E-state index in [1.54, 1.807) is 38.6 Å². The molecule has 2 N–H and O–H groups in total. The molecule has 3 aromatic rings. The molecule has 7 heteroatoms. The van der Waals surface area contributed by atoms with Gasteiger partial charge >= 0.3 is 0 Å². The van der Waals surface area contributed by atoms with Crippen molar-refractivity contribution < 1.29 is 14.3 Å². The molecule has 138 valence electrons. The Labute approximate surface area is 156 Å². The average Bonchev–Trinajstić information content (AvgIpc) is 3.29. The minimum absolute atomic E-state index is 0.0957. The van der Waals surface area contributed by atoms with Gasteiger partial charge in [0.25, 0.3) is 5.91 Å². The zero-order valence-electron chi connectivity index (χ0n) is 15.1. The van der Waals surface area contributed by atoms with Crippen molar-refractivity contribution in [2.24, 2.45) is 0 Å². The van der Waals surface area contributed by atoms with Gasteiger partial charge in [-0.15, -0.1) is 0 Å². The molecule has 2 heterocycles. The number of methoxy groups -OCH3 is 2. The molecule has 0 saturated carbocycles. The standard InChI is InChI=1S/C20H20N4O3/c1-26-15-8-14(9-16(10-15)27-2)22-20(25)17-11-21-24-12-18(23-19(17)24)13-6-4-3-5-7-13/h3-11,18,23H,12H2,1-2H3,(H,22,25)/t18-/m1/s1. The maximum atomic E-state index is 12.8. The molecule has 1 amide bonds. The smallest absolute Gasteiger partial charge is 0.261 e. The molecule has 0 radical (unpaired) electrons. The fraction of sp³-hybridized carbons (Fsp3) is 0.200. The second-order valence-corrected chi connectivity index (χ2v) is 6.25. The van der Waals surface area contributed by atoms with E-state index in [2.05, 4.69) is 27.9 Å². The number of hydrogen-bond acceptors (Lipinski definition) is 5. The molecule has 0 unspecified atom stereocenters. The Morgan fingerprint density at radius 3 is 2.52 bits per heavy atom. The number of aromatic nitrogens is 2. The van der Waals surface area contributed by atoms with E-state index < -0.39 is 0 Å². The highest BCUT2D eigenvalue weighted by molar-refractivity contribution is 6.07. The third-order valence-corrected chi connectivity index (χ3v) is 4.56. The van der Waals surface area contributed by atoms with Crippen LogP contribution in [-0.4, -0.2) is 29.9 Å². The van der Waals surface area contributed by atoms with E-state index in [4.69, 9.17) is 9.47 Å². The molecular weight excluding hydrogens is 344 g/mol. The highest BCUT2D eigenvalue weighted by Crippen LogP contribution is 2.32. The van der Waals surface area contributed by atoms with Crippen LogP contribution in [0.2, 0.25) is 0 Å². The van der Waals surface area contributed by atoms with Crippen molar-refractivity contribution in [1.29, 1.82) is 0 Å². The molecule has 1 atom stereocenters. The van der Waals surface area contributed by atoms with Crippen LogP contribution in [0, 0.1) is 0 Å². The van der Waals surface area contributed by atoms with Crippen LogP contribution in [0.25, 0.3) is 0 Å². The fourth-order valence-electron chi connectivity index (χ4n) is 3.18. The number of amides is 1. The van der Waals surface area contributed by atoms with Gasteiger partial charge in [-0.3, -0.25) is 4.79 Å². The van der Waals surface area contributed by atoms with E-state index >= 15 is 0 Å². The highest BCUT2D eigenvalue weighted by Gasteiger charge is 2.28. The monoisotopic (exact) mass is 364 g/mol. The lowest BCUT2D eigenvalue weighted by Gasteiger charge is -2.12. The van der Waals surface area contributed by atoms with E-state index in [1.165, 1.54) is 0 Å². The van der Waals surface area contributed by atoms with Crippen molar-refractivity contribution in [2.75, 3.05) is 24.9 Å². The largest absolute Gasteiger partial charge is 0.497 e. The normalized spacial score (nSPS) is 15.0. The summed E-state index contributed by atoms with van der Waals surface area (Å²) in [6.07, 6.45) is 1.58. The minimum Gasteiger partial charge on any atom is -0.497 e. The van der Waals surface area contributed by atoms with Gasteiger partial charge in [0.1, 0.15) is 22.9 Å². The van der Waals surface area contributed by atoms with Gasteiger partial charge in [-0.05, 0) is 5.56 Å². The Bertz CT molecular complexity index is 946. The molecule has 27 heavy (non-hydrogen) atoms. The summed E-state index contributed by atoms with van der Waals surface area (Å²) in [7, 11) is 3.14. The predicted octanol–water partition coefficient (Wildman–Crippen LogP) is 3.32. The molecule has 2 aromatic carbocycles. The van der Waals surface area contributed by atoms with E-state index in [0.29, 0.717) is 29.3 Å². The van der Waals surface area contributed by atoms with Crippen LogP contribution in [0.15, 0.2) is 54.7 Å². The Morgan fingerprint density at radius 2 is 1.85 bits per heavy atom. The Balaban J connectivity index is 1.54. The van der Waals surface area contributed by atoms with Gasteiger partial charge in [0.2, 0.25) is 0 Å². The fourth-order valence-corrected chi connectivity index (χ4v) is 3.18. The zero-order valence-corrected chi connectivity index (χ0v) is 15.1. The number of carbonyl (C=O) groups is 1. The van der Waals surface area contributed by atoms with Gasteiger partial charge in [0.05, 0.1) is 33.0 Å². The topological polar surface area (TPSA) is 77.4 Å². The van der Waals surface area contributed by atoms with Crippen LogP contribution in [0.5, 0.6) is 11.5 Å². The van der Waals surface area contributed by atoms with Crippen LogP contribution < -0.4 is 20.1 Å². The molecule has 0 aliphatic carbocycles. The Hall–Kier alpha value is -3.48. The quantitative estimate of drug-likeness (QED) is 0.726. The van der Waals surface area contributed by atoms with E-state index in [0.717, 1.165) is 11.4 Å². The van der Waals surface area contributed by atoms with Crippen LogP contribution in [0.4, 0.5) is 11.5 Å². The molecule has 0 fully saturated rings. The van der Waals surface area contributed by atoms with Crippen LogP contribution >= 0.6 is 0 Å². The molecular formula is C20H20N4O3. The molecule has 0 saturated heterocycles. The van der Waals surface area contributed by atoms with E-state index in [-0.39, 0.29) is 11.9 Å². The maximum Gasteiger partial charge on any atom is 0.261 e. The van der Waals surface area contributed by atoms with Crippen molar-refractivity contribution in [3.05, 3.63) is 65.9 Å². The van der Waals surface area contributed by atoms with Gasteiger partial charge in [0.15, 0.2) is 0 Å². The predicted molar refractivity (Wildman–Crippen MR) is 103 cm³/mol. The lowest BCUT2D eigenvalue weighted by atomic mass is 10.1. The minimum atomic E-state index is -0.243. The summed E-state index contributed by atoms with van der Waals surface area (Å²) in [5.74, 6) is 1.68. The average molecular weight is 364 g/mol. The van der Waals surface area contributed by atoms with Crippen molar-refractivity contribution >= 4 is 17.4 Å². The number of carbonyl (C=O) groups excluding carboxylic acids is 1. The van der Waals surface area contributed by atoms with Crippen LogP contribution in [-0.2, 0) is 6.54 Å². The van der Waals surface area contributed by atoms with Crippen molar-refractivity contribution in [2.45, 2.75) is 12.6 Å². The first kappa shape index (κ1) is 17.0. The maximum absolute atomic E-state index is 12.8. The number of nitrogens with zero attached hydrogens (tertiary/aromatic N) is 2. The number of rotatable bonds is 5. The van der Waals surface area contributed by atoms with Gasteiger partial charge in [-0.1, -0.05) is 30.3 Å². The first-order valence-corrected chi connectivity index (χ1v) is 8.59. The van der Waals surface area contributed by atoms with E-state index in [1.807, 2.05) is 22.9 Å². The molecule has 0 spiro atoms. The SMILES string of the molecule is COc1cc(NC(=O)c2cnn3c2N[C@@H](c2ccccc2)C3)cc(OC)c1. The first-order valence-electron chi connectivity index (χ1n) is 8.59. The van der Waals surface area contributed by atoms with Crippen LogP contribution in [0.3, 0.4) is 0 Å². The lowest BCUT2D eigenvalue weighted by molar-refractivity contribution is 0.102. The number of fused-ring (bicyclic) bond motifs is 1. The van der Waals surface area contributed by atoms with E-state index in [9.17, 15) is 4.79 Å². The van der Waals surface area contributed by atoms with Crippen LogP contribution in [0.1, 0.15) is 22.0 Å². The number of anilines is 2. The first-order chi connectivity index (χ1) is 13.2. The Morgan fingerprint density at radius 1 is 1.15 bits per heavy atom. The summed E-state index contributed by atoms with van der Waals surface area (Å²) in [6.45, 7) is 0.680. The third kappa shape index (κ3) is 3.31. The second kappa shape index (κ2) is 7.03. The number of hydrogen-bond donors (Lipinski definition) is 2. The molecule has 1 aliphatic rings. The molecule has 0 bridgehead atoms. The molecule has 7 nitrogen and oxygen atoms in total. The summed E-state index contributed by atoms with van der Waals surface area (Å²) >= 11 is 0. The summed E-state index contributed by atoms with van der Waals surface area (Å²) in [5.41, 5.74) is 2.25. The van der Waals surface area contributed by atoms with Gasteiger partial charge in [-0.2, -0.15) is 5.10 Å². The summed E-state index contributed by atoms with van der Waals surface area (Å²) in [5, 5.41) is 10.6. The number of benzene rings is 2. The summed E-state index contributed by atoms with van der Waals surface area (Å²) in [4.78, 5) is 12.8. The highest BCUT2D eigenvalue weighted by atomic mass is 16.5. The molecule has 1 aliphatic heterocycles.